The number of nitrogens with one attached hydrogen (secondary N) is 1. The van der Waals surface area contributed by atoms with Gasteiger partial charge in [0, 0.05) is 12.2 Å². The number of unbranched alkanes of at least 4 members (excludes halogenated alkanes) is 3. The number of aromatic nitrogens is 1. The third-order valence-corrected chi connectivity index (χ3v) is 2.71. The van der Waals surface area contributed by atoms with Crippen LogP contribution in [0.3, 0.4) is 0 Å². The number of rotatable bonds is 7. The van der Waals surface area contributed by atoms with E-state index >= 15 is 0 Å². The van der Waals surface area contributed by atoms with Gasteiger partial charge >= 0.3 is 0 Å². The summed E-state index contributed by atoms with van der Waals surface area (Å²) in [6, 6.07) is 1.71. The first-order chi connectivity index (χ1) is 7.74. The summed E-state index contributed by atoms with van der Waals surface area (Å²) in [5.74, 6) is -0.267. The second-order valence-electron chi connectivity index (χ2n) is 4.17. The molecule has 2 nitrogen and oxygen atoms in total. The topological polar surface area (TPSA) is 24.9 Å². The summed E-state index contributed by atoms with van der Waals surface area (Å²) in [6.45, 7) is 5.22. The second-order valence-corrected chi connectivity index (χ2v) is 4.17. The lowest BCUT2D eigenvalue weighted by atomic mass is 10.1. The van der Waals surface area contributed by atoms with Crippen molar-refractivity contribution < 1.29 is 4.39 Å². The van der Waals surface area contributed by atoms with Gasteiger partial charge in [-0.15, -0.1) is 0 Å². The molecule has 1 N–H and O–H groups in total. The van der Waals surface area contributed by atoms with Crippen molar-refractivity contribution in [3.05, 3.63) is 29.8 Å². The Hall–Kier alpha value is -0.960. The number of hydrogen-bond donors (Lipinski definition) is 1. The first kappa shape index (κ1) is 13.1. The normalized spacial score (nSPS) is 12.7. The third-order valence-electron chi connectivity index (χ3n) is 2.71. The smallest absolute Gasteiger partial charge is 0.141 e. The summed E-state index contributed by atoms with van der Waals surface area (Å²) in [6.07, 6.45) is 7.93. The van der Waals surface area contributed by atoms with Gasteiger partial charge in [0.25, 0.3) is 0 Å². The van der Waals surface area contributed by atoms with E-state index < -0.39 is 0 Å². The largest absolute Gasteiger partial charge is 0.310 e. The van der Waals surface area contributed by atoms with E-state index in [0.29, 0.717) is 0 Å². The molecule has 0 spiro atoms. The van der Waals surface area contributed by atoms with Crippen LogP contribution in [0.5, 0.6) is 0 Å². The Morgan fingerprint density at radius 2 is 2.12 bits per heavy atom. The minimum absolute atomic E-state index is 0.171. The van der Waals surface area contributed by atoms with Crippen molar-refractivity contribution in [3.8, 4) is 0 Å². The van der Waals surface area contributed by atoms with E-state index in [-0.39, 0.29) is 11.9 Å². The molecule has 0 saturated heterocycles. The maximum absolute atomic E-state index is 12.9. The van der Waals surface area contributed by atoms with E-state index in [1.807, 2.05) is 6.92 Å². The van der Waals surface area contributed by atoms with Gasteiger partial charge in [-0.1, -0.05) is 26.2 Å². The first-order valence-corrected chi connectivity index (χ1v) is 6.08. The maximum Gasteiger partial charge on any atom is 0.141 e. The molecule has 0 aliphatic rings. The lowest BCUT2D eigenvalue weighted by Crippen LogP contribution is -2.20. The number of nitrogens with zero attached hydrogens (tertiary/aromatic N) is 1. The molecule has 1 rings (SSSR count). The molecule has 1 heterocycles. The minimum atomic E-state index is -0.267. The quantitative estimate of drug-likeness (QED) is 0.717. The van der Waals surface area contributed by atoms with Gasteiger partial charge in [-0.05, 0) is 31.5 Å². The van der Waals surface area contributed by atoms with Crippen LogP contribution in [0.25, 0.3) is 0 Å². The Labute approximate surface area is 97.3 Å². The maximum atomic E-state index is 12.9. The fourth-order valence-corrected chi connectivity index (χ4v) is 1.65. The summed E-state index contributed by atoms with van der Waals surface area (Å²) in [7, 11) is 0. The molecule has 90 valence electrons. The number of pyridine rings is 1. The molecule has 0 aliphatic heterocycles. The SMILES string of the molecule is CCCCCCNC(C)c1cncc(F)c1. The van der Waals surface area contributed by atoms with E-state index in [4.69, 9.17) is 0 Å². The minimum Gasteiger partial charge on any atom is -0.310 e. The highest BCUT2D eigenvalue weighted by molar-refractivity contribution is 5.13. The van der Waals surface area contributed by atoms with Gasteiger partial charge in [0.15, 0.2) is 0 Å². The van der Waals surface area contributed by atoms with E-state index in [1.165, 1.54) is 37.9 Å². The number of halogens is 1. The summed E-state index contributed by atoms with van der Waals surface area (Å²) < 4.78 is 12.9. The molecule has 1 unspecified atom stereocenters. The molecule has 0 aromatic carbocycles. The van der Waals surface area contributed by atoms with Crippen molar-refractivity contribution in [3.63, 3.8) is 0 Å². The van der Waals surface area contributed by atoms with Gasteiger partial charge in [0.1, 0.15) is 5.82 Å². The van der Waals surface area contributed by atoms with Gasteiger partial charge < -0.3 is 5.32 Å². The van der Waals surface area contributed by atoms with Gasteiger partial charge in [0.2, 0.25) is 0 Å². The van der Waals surface area contributed by atoms with Gasteiger partial charge in [-0.25, -0.2) is 4.39 Å². The molecule has 1 atom stereocenters. The number of hydrogen-bond acceptors (Lipinski definition) is 2. The van der Waals surface area contributed by atoms with Crippen LogP contribution in [0.15, 0.2) is 18.5 Å². The summed E-state index contributed by atoms with van der Waals surface area (Å²) in [5.41, 5.74) is 0.912. The van der Waals surface area contributed by atoms with Gasteiger partial charge in [0.05, 0.1) is 6.20 Å². The van der Waals surface area contributed by atoms with Crippen molar-refractivity contribution in [2.45, 2.75) is 45.6 Å². The monoisotopic (exact) mass is 224 g/mol. The molecule has 0 fully saturated rings. The van der Waals surface area contributed by atoms with Crippen LogP contribution in [0.1, 0.15) is 51.1 Å². The summed E-state index contributed by atoms with van der Waals surface area (Å²) >= 11 is 0. The molecule has 3 heteroatoms. The zero-order valence-corrected chi connectivity index (χ0v) is 10.2. The lowest BCUT2D eigenvalue weighted by Gasteiger charge is -2.13. The Kier molecular flexibility index (Phi) is 6.01. The van der Waals surface area contributed by atoms with E-state index in [2.05, 4.69) is 17.2 Å². The highest BCUT2D eigenvalue weighted by Crippen LogP contribution is 2.11. The van der Waals surface area contributed by atoms with E-state index in [1.54, 1.807) is 6.20 Å². The molecule has 16 heavy (non-hydrogen) atoms. The second kappa shape index (κ2) is 7.34. The zero-order valence-electron chi connectivity index (χ0n) is 10.2. The van der Waals surface area contributed by atoms with Crippen LogP contribution < -0.4 is 5.32 Å². The molecular formula is C13H21FN2. The molecule has 0 bridgehead atoms. The van der Waals surface area contributed by atoms with Crippen molar-refractivity contribution in [2.24, 2.45) is 0 Å². The first-order valence-electron chi connectivity index (χ1n) is 6.08. The summed E-state index contributed by atoms with van der Waals surface area (Å²) in [4.78, 5) is 3.85. The zero-order chi connectivity index (χ0) is 11.8. The predicted octanol–water partition coefficient (Wildman–Crippen LogP) is 3.45. The molecule has 0 amide bonds. The van der Waals surface area contributed by atoms with Crippen molar-refractivity contribution in [1.82, 2.24) is 10.3 Å². The Morgan fingerprint density at radius 3 is 2.81 bits per heavy atom. The standard InChI is InChI=1S/C13H21FN2/c1-3-4-5-6-7-16-11(2)12-8-13(14)10-15-9-12/h8-11,16H,3-7H2,1-2H3. The van der Waals surface area contributed by atoms with Gasteiger partial charge in [-0.2, -0.15) is 0 Å². The van der Waals surface area contributed by atoms with Crippen LogP contribution >= 0.6 is 0 Å². The molecular weight excluding hydrogens is 203 g/mol. The van der Waals surface area contributed by atoms with Crippen molar-refractivity contribution >= 4 is 0 Å². The fraction of sp³-hybridized carbons (Fsp3) is 0.615. The van der Waals surface area contributed by atoms with Crippen LogP contribution in [0, 0.1) is 5.82 Å². The predicted molar refractivity (Wildman–Crippen MR) is 64.8 cm³/mol. The van der Waals surface area contributed by atoms with Crippen LogP contribution in [-0.4, -0.2) is 11.5 Å². The van der Waals surface area contributed by atoms with Crippen LogP contribution in [0.2, 0.25) is 0 Å². The average molecular weight is 224 g/mol. The Balaban J connectivity index is 2.27. The highest BCUT2D eigenvalue weighted by atomic mass is 19.1. The Morgan fingerprint density at radius 1 is 1.31 bits per heavy atom. The van der Waals surface area contributed by atoms with E-state index in [9.17, 15) is 4.39 Å². The molecule has 0 aliphatic carbocycles. The molecule has 0 saturated carbocycles. The lowest BCUT2D eigenvalue weighted by molar-refractivity contribution is 0.530. The molecule has 1 aromatic rings. The highest BCUT2D eigenvalue weighted by Gasteiger charge is 2.05. The third kappa shape index (κ3) is 4.71. The average Bonchev–Trinajstić information content (AvgIpc) is 2.28. The van der Waals surface area contributed by atoms with Crippen LogP contribution in [-0.2, 0) is 0 Å². The van der Waals surface area contributed by atoms with Crippen LogP contribution in [0.4, 0.5) is 4.39 Å². The summed E-state index contributed by atoms with van der Waals surface area (Å²) in [5, 5.41) is 3.38. The molecule has 1 aromatic heterocycles. The Bertz CT molecular complexity index is 302. The fourth-order valence-electron chi connectivity index (χ4n) is 1.65. The molecule has 0 radical (unpaired) electrons. The van der Waals surface area contributed by atoms with E-state index in [0.717, 1.165) is 12.1 Å². The van der Waals surface area contributed by atoms with Crippen molar-refractivity contribution in [1.29, 1.82) is 0 Å². The van der Waals surface area contributed by atoms with Gasteiger partial charge in [-0.3, -0.25) is 4.98 Å². The van der Waals surface area contributed by atoms with Crippen molar-refractivity contribution in [2.75, 3.05) is 6.54 Å².